The van der Waals surface area contributed by atoms with Crippen LogP contribution in [0.3, 0.4) is 0 Å². The first kappa shape index (κ1) is 12.9. The number of nitrogens with zero attached hydrogens (tertiary/aromatic N) is 2. The van der Waals surface area contributed by atoms with Gasteiger partial charge in [0.25, 0.3) is 0 Å². The van der Waals surface area contributed by atoms with E-state index in [0.29, 0.717) is 12.5 Å². The number of benzene rings is 1. The van der Waals surface area contributed by atoms with Crippen LogP contribution in [0.2, 0.25) is 0 Å². The summed E-state index contributed by atoms with van der Waals surface area (Å²) in [5.41, 5.74) is 7.77. The molecule has 18 heavy (non-hydrogen) atoms. The predicted molar refractivity (Wildman–Crippen MR) is 73.7 cm³/mol. The van der Waals surface area contributed by atoms with E-state index in [0.717, 1.165) is 30.8 Å². The fourth-order valence-electron chi connectivity index (χ4n) is 2.55. The van der Waals surface area contributed by atoms with Gasteiger partial charge in [0.1, 0.15) is 0 Å². The molecule has 1 aromatic rings. The van der Waals surface area contributed by atoms with Crippen LogP contribution in [0.5, 0.6) is 0 Å². The van der Waals surface area contributed by atoms with Crippen LogP contribution in [-0.4, -0.2) is 37.6 Å². The Morgan fingerprint density at radius 1 is 1.33 bits per heavy atom. The lowest BCUT2D eigenvalue weighted by molar-refractivity contribution is 0.191. The van der Waals surface area contributed by atoms with E-state index in [1.807, 2.05) is 43.1 Å². The quantitative estimate of drug-likeness (QED) is 0.886. The van der Waals surface area contributed by atoms with Crippen molar-refractivity contribution in [3.63, 3.8) is 0 Å². The molecule has 0 aliphatic carbocycles. The molecule has 0 aromatic heterocycles. The van der Waals surface area contributed by atoms with Gasteiger partial charge in [0, 0.05) is 25.8 Å². The largest absolute Gasteiger partial charge is 0.330 e. The van der Waals surface area contributed by atoms with Gasteiger partial charge in [-0.15, -0.1) is 0 Å². The van der Waals surface area contributed by atoms with Crippen molar-refractivity contribution < 1.29 is 4.79 Å². The summed E-state index contributed by atoms with van der Waals surface area (Å²) < 4.78 is 0. The Morgan fingerprint density at radius 3 is 2.72 bits per heavy atom. The third kappa shape index (κ3) is 2.48. The van der Waals surface area contributed by atoms with Crippen molar-refractivity contribution in [2.24, 2.45) is 11.7 Å². The van der Waals surface area contributed by atoms with Crippen molar-refractivity contribution >= 4 is 11.7 Å². The molecule has 1 aliphatic rings. The third-order valence-electron chi connectivity index (χ3n) is 3.51. The average molecular weight is 247 g/mol. The number of amides is 2. The zero-order valence-electron chi connectivity index (χ0n) is 11.1. The van der Waals surface area contributed by atoms with Crippen molar-refractivity contribution in [2.45, 2.75) is 13.3 Å². The average Bonchev–Trinajstić information content (AvgIpc) is 2.35. The summed E-state index contributed by atoms with van der Waals surface area (Å²) in [5.74, 6) is 0.456. The van der Waals surface area contributed by atoms with Gasteiger partial charge in [0.05, 0.1) is 0 Å². The highest BCUT2D eigenvalue weighted by Crippen LogP contribution is 2.25. The number of hydrogen-bond acceptors (Lipinski definition) is 2. The molecule has 4 nitrogen and oxygen atoms in total. The van der Waals surface area contributed by atoms with Crippen molar-refractivity contribution in [1.82, 2.24) is 4.90 Å². The van der Waals surface area contributed by atoms with Gasteiger partial charge in [-0.05, 0) is 37.4 Å². The van der Waals surface area contributed by atoms with Gasteiger partial charge in [0.15, 0.2) is 0 Å². The maximum Gasteiger partial charge on any atom is 0.324 e. The molecule has 1 unspecified atom stereocenters. The second-order valence-electron chi connectivity index (χ2n) is 5.00. The molecule has 1 heterocycles. The fraction of sp³-hybridized carbons (Fsp3) is 0.500. The second kappa shape index (κ2) is 5.40. The number of para-hydroxylation sites is 1. The normalized spacial score (nSPS) is 20.4. The highest BCUT2D eigenvalue weighted by molar-refractivity contribution is 5.93. The van der Waals surface area contributed by atoms with Crippen LogP contribution in [0.25, 0.3) is 0 Å². The van der Waals surface area contributed by atoms with Crippen LogP contribution in [-0.2, 0) is 0 Å². The highest BCUT2D eigenvalue weighted by atomic mass is 16.2. The van der Waals surface area contributed by atoms with Crippen molar-refractivity contribution in [1.29, 1.82) is 0 Å². The first-order chi connectivity index (χ1) is 8.63. The molecule has 1 aromatic carbocycles. The SMILES string of the molecule is Cc1ccccc1N1CC(CCN)CN(C)C1=O. The van der Waals surface area contributed by atoms with Gasteiger partial charge in [-0.1, -0.05) is 18.2 Å². The van der Waals surface area contributed by atoms with E-state index in [1.54, 1.807) is 4.90 Å². The molecule has 0 spiro atoms. The van der Waals surface area contributed by atoms with E-state index in [9.17, 15) is 4.79 Å². The monoisotopic (exact) mass is 247 g/mol. The van der Waals surface area contributed by atoms with E-state index in [2.05, 4.69) is 0 Å². The van der Waals surface area contributed by atoms with Crippen LogP contribution in [0.4, 0.5) is 10.5 Å². The molecular weight excluding hydrogens is 226 g/mol. The van der Waals surface area contributed by atoms with Crippen LogP contribution >= 0.6 is 0 Å². The fourth-order valence-corrected chi connectivity index (χ4v) is 2.55. The first-order valence-electron chi connectivity index (χ1n) is 6.41. The Labute approximate surface area is 108 Å². The second-order valence-corrected chi connectivity index (χ2v) is 5.00. The van der Waals surface area contributed by atoms with Crippen LogP contribution < -0.4 is 10.6 Å². The molecular formula is C14H21N3O. The predicted octanol–water partition coefficient (Wildman–Crippen LogP) is 1.83. The maximum atomic E-state index is 12.2. The smallest absolute Gasteiger partial charge is 0.324 e. The lowest BCUT2D eigenvalue weighted by Gasteiger charge is -2.38. The number of hydrogen-bond donors (Lipinski definition) is 1. The number of urea groups is 1. The van der Waals surface area contributed by atoms with Crippen molar-refractivity contribution in [3.05, 3.63) is 29.8 Å². The number of rotatable bonds is 3. The van der Waals surface area contributed by atoms with Gasteiger partial charge < -0.3 is 10.6 Å². The number of carbonyl (C=O) groups is 1. The highest BCUT2D eigenvalue weighted by Gasteiger charge is 2.30. The lowest BCUT2D eigenvalue weighted by Crippen LogP contribution is -2.52. The van der Waals surface area contributed by atoms with Crippen LogP contribution in [0.1, 0.15) is 12.0 Å². The van der Waals surface area contributed by atoms with E-state index in [-0.39, 0.29) is 6.03 Å². The molecule has 1 aliphatic heterocycles. The molecule has 2 amide bonds. The number of carbonyl (C=O) groups excluding carboxylic acids is 1. The molecule has 1 atom stereocenters. The lowest BCUT2D eigenvalue weighted by atomic mass is 10.0. The Hall–Kier alpha value is -1.55. The van der Waals surface area contributed by atoms with Crippen molar-refractivity contribution in [3.8, 4) is 0 Å². The van der Waals surface area contributed by atoms with E-state index in [1.165, 1.54) is 0 Å². The van der Waals surface area contributed by atoms with E-state index >= 15 is 0 Å². The van der Waals surface area contributed by atoms with Gasteiger partial charge in [0.2, 0.25) is 0 Å². The van der Waals surface area contributed by atoms with Gasteiger partial charge in [-0.25, -0.2) is 4.79 Å². The Bertz CT molecular complexity index is 433. The first-order valence-corrected chi connectivity index (χ1v) is 6.41. The summed E-state index contributed by atoms with van der Waals surface area (Å²) in [4.78, 5) is 15.9. The molecule has 2 N–H and O–H groups in total. The van der Waals surface area contributed by atoms with Crippen LogP contribution in [0, 0.1) is 12.8 Å². The molecule has 1 saturated heterocycles. The number of nitrogens with two attached hydrogens (primary N) is 1. The number of anilines is 1. The third-order valence-corrected chi connectivity index (χ3v) is 3.51. The summed E-state index contributed by atoms with van der Waals surface area (Å²) in [6.45, 7) is 4.28. The van der Waals surface area contributed by atoms with E-state index < -0.39 is 0 Å². The summed E-state index contributed by atoms with van der Waals surface area (Å²) >= 11 is 0. The molecule has 1 fully saturated rings. The molecule has 2 rings (SSSR count). The zero-order chi connectivity index (χ0) is 13.1. The Balaban J connectivity index is 2.24. The van der Waals surface area contributed by atoms with E-state index in [4.69, 9.17) is 5.73 Å². The van der Waals surface area contributed by atoms with Crippen molar-refractivity contribution in [2.75, 3.05) is 31.6 Å². The minimum absolute atomic E-state index is 0.0811. The Morgan fingerprint density at radius 2 is 2.06 bits per heavy atom. The zero-order valence-corrected chi connectivity index (χ0v) is 11.1. The summed E-state index contributed by atoms with van der Waals surface area (Å²) in [6, 6.07) is 8.09. The summed E-state index contributed by atoms with van der Waals surface area (Å²) in [5, 5.41) is 0. The van der Waals surface area contributed by atoms with Gasteiger partial charge >= 0.3 is 6.03 Å². The maximum absolute atomic E-state index is 12.2. The summed E-state index contributed by atoms with van der Waals surface area (Å²) in [7, 11) is 1.86. The molecule has 0 radical (unpaired) electrons. The standard InChI is InChI=1S/C14H21N3O/c1-11-5-3-4-6-13(11)17-10-12(7-8-15)9-16(2)14(17)18/h3-6,12H,7-10,15H2,1-2H3. The van der Waals surface area contributed by atoms with Crippen LogP contribution in [0.15, 0.2) is 24.3 Å². The Kier molecular flexibility index (Phi) is 3.87. The molecule has 98 valence electrons. The van der Waals surface area contributed by atoms with Gasteiger partial charge in [-0.3, -0.25) is 4.90 Å². The molecule has 0 bridgehead atoms. The summed E-state index contributed by atoms with van der Waals surface area (Å²) in [6.07, 6.45) is 0.958. The minimum Gasteiger partial charge on any atom is -0.330 e. The minimum atomic E-state index is 0.0811. The molecule has 4 heteroatoms. The van der Waals surface area contributed by atoms with Gasteiger partial charge in [-0.2, -0.15) is 0 Å². The topological polar surface area (TPSA) is 49.6 Å². The molecule has 0 saturated carbocycles. The number of aryl methyl sites for hydroxylation is 1.